The molecule has 152 valence electrons. The molecule has 0 aliphatic rings. The molecule has 7 heteroatoms. The standard InChI is InChI=1S/C23H21N3O3S/c1-2-26(30(28,29)22-6-4-3-5-7-22)21-14-10-19(11-15-21)23(27)25-20-12-8-18(9-13-20)16-17-24/h3-15H,2,16H2,1H3,(H,25,27). The lowest BCUT2D eigenvalue weighted by Crippen LogP contribution is -2.30. The van der Waals surface area contributed by atoms with Gasteiger partial charge < -0.3 is 5.32 Å². The molecule has 3 aromatic rings. The summed E-state index contributed by atoms with van der Waals surface area (Å²) in [6.07, 6.45) is 0.315. The summed E-state index contributed by atoms with van der Waals surface area (Å²) in [5.74, 6) is -0.302. The third kappa shape index (κ3) is 4.67. The first-order valence-electron chi connectivity index (χ1n) is 9.41. The van der Waals surface area contributed by atoms with Crippen molar-refractivity contribution in [2.24, 2.45) is 0 Å². The van der Waals surface area contributed by atoms with Crippen LogP contribution >= 0.6 is 0 Å². The van der Waals surface area contributed by atoms with Crippen LogP contribution in [0, 0.1) is 11.3 Å². The topological polar surface area (TPSA) is 90.3 Å². The van der Waals surface area contributed by atoms with Crippen LogP contribution in [0.3, 0.4) is 0 Å². The van der Waals surface area contributed by atoms with Crippen molar-refractivity contribution in [1.29, 1.82) is 5.26 Å². The lowest BCUT2D eigenvalue weighted by Gasteiger charge is -2.23. The summed E-state index contributed by atoms with van der Waals surface area (Å²) in [4.78, 5) is 12.7. The van der Waals surface area contributed by atoms with E-state index in [-0.39, 0.29) is 17.3 Å². The second-order valence-electron chi connectivity index (χ2n) is 6.52. The van der Waals surface area contributed by atoms with Crippen LogP contribution in [0.4, 0.5) is 11.4 Å². The van der Waals surface area contributed by atoms with Gasteiger partial charge in [-0.25, -0.2) is 8.42 Å². The van der Waals surface area contributed by atoms with Gasteiger partial charge in [0.25, 0.3) is 15.9 Å². The normalized spacial score (nSPS) is 10.8. The molecule has 30 heavy (non-hydrogen) atoms. The minimum absolute atomic E-state index is 0.216. The minimum Gasteiger partial charge on any atom is -0.322 e. The Bertz CT molecular complexity index is 1150. The van der Waals surface area contributed by atoms with E-state index >= 15 is 0 Å². The van der Waals surface area contributed by atoms with E-state index in [1.807, 2.05) is 0 Å². The molecule has 0 unspecified atom stereocenters. The highest BCUT2D eigenvalue weighted by atomic mass is 32.2. The van der Waals surface area contributed by atoms with Gasteiger partial charge in [-0.3, -0.25) is 9.10 Å². The van der Waals surface area contributed by atoms with Gasteiger partial charge in [0.05, 0.1) is 23.1 Å². The van der Waals surface area contributed by atoms with Crippen molar-refractivity contribution < 1.29 is 13.2 Å². The first kappa shape index (κ1) is 21.1. The number of nitrogens with one attached hydrogen (secondary N) is 1. The summed E-state index contributed by atoms with van der Waals surface area (Å²) >= 11 is 0. The Morgan fingerprint density at radius 1 is 0.967 bits per heavy atom. The third-order valence-electron chi connectivity index (χ3n) is 4.53. The summed E-state index contributed by atoms with van der Waals surface area (Å²) in [6.45, 7) is 2.02. The van der Waals surface area contributed by atoms with Gasteiger partial charge in [-0.05, 0) is 61.0 Å². The number of rotatable bonds is 7. The molecule has 0 saturated heterocycles. The van der Waals surface area contributed by atoms with Gasteiger partial charge >= 0.3 is 0 Å². The van der Waals surface area contributed by atoms with Gasteiger partial charge in [0.2, 0.25) is 0 Å². The first-order chi connectivity index (χ1) is 14.5. The number of benzene rings is 3. The summed E-state index contributed by atoms with van der Waals surface area (Å²) < 4.78 is 27.2. The molecule has 0 radical (unpaired) electrons. The smallest absolute Gasteiger partial charge is 0.264 e. The Hall–Kier alpha value is -3.63. The molecule has 0 aromatic heterocycles. The lowest BCUT2D eigenvalue weighted by molar-refractivity contribution is 0.102. The number of carbonyl (C=O) groups is 1. The van der Waals surface area contributed by atoms with Crippen molar-refractivity contribution in [3.05, 3.63) is 90.0 Å². The highest BCUT2D eigenvalue weighted by Gasteiger charge is 2.23. The van der Waals surface area contributed by atoms with E-state index in [9.17, 15) is 13.2 Å². The fraction of sp³-hybridized carbons (Fsp3) is 0.130. The van der Waals surface area contributed by atoms with Crippen molar-refractivity contribution in [3.8, 4) is 6.07 Å². The van der Waals surface area contributed by atoms with Gasteiger partial charge in [0, 0.05) is 17.8 Å². The summed E-state index contributed by atoms with van der Waals surface area (Å²) in [5, 5.41) is 11.5. The van der Waals surface area contributed by atoms with Crippen LogP contribution in [0.1, 0.15) is 22.8 Å². The second kappa shape index (κ2) is 9.25. The fourth-order valence-electron chi connectivity index (χ4n) is 2.99. The Balaban J connectivity index is 1.76. The quantitative estimate of drug-likeness (QED) is 0.621. The summed E-state index contributed by atoms with van der Waals surface area (Å²) in [6, 6.07) is 23.8. The maximum absolute atomic E-state index is 12.9. The maximum Gasteiger partial charge on any atom is 0.264 e. The Labute approximate surface area is 176 Å². The van der Waals surface area contributed by atoms with E-state index in [4.69, 9.17) is 5.26 Å². The number of nitrogens with zero attached hydrogens (tertiary/aromatic N) is 2. The number of sulfonamides is 1. The van der Waals surface area contributed by atoms with Crippen molar-refractivity contribution >= 4 is 27.3 Å². The maximum atomic E-state index is 12.9. The molecule has 0 heterocycles. The molecule has 1 N–H and O–H groups in total. The minimum atomic E-state index is -3.68. The predicted molar refractivity (Wildman–Crippen MR) is 117 cm³/mol. The zero-order chi connectivity index (χ0) is 21.6. The molecule has 3 rings (SSSR count). The zero-order valence-corrected chi connectivity index (χ0v) is 17.3. The van der Waals surface area contributed by atoms with Gasteiger partial charge in [-0.15, -0.1) is 0 Å². The predicted octanol–water partition coefficient (Wildman–Crippen LogP) is 4.22. The van der Waals surface area contributed by atoms with Crippen LogP contribution in [-0.4, -0.2) is 20.9 Å². The molecule has 0 saturated carbocycles. The fourth-order valence-corrected chi connectivity index (χ4v) is 4.49. The van der Waals surface area contributed by atoms with Crippen LogP contribution in [0.25, 0.3) is 0 Å². The summed E-state index contributed by atoms with van der Waals surface area (Å²) in [7, 11) is -3.68. The number of anilines is 2. The molecule has 0 spiro atoms. The van der Waals surface area contributed by atoms with E-state index in [0.29, 0.717) is 23.4 Å². The largest absolute Gasteiger partial charge is 0.322 e. The average Bonchev–Trinajstić information content (AvgIpc) is 2.77. The van der Waals surface area contributed by atoms with Gasteiger partial charge in [0.1, 0.15) is 0 Å². The Morgan fingerprint density at radius 3 is 2.17 bits per heavy atom. The van der Waals surface area contributed by atoms with Crippen molar-refractivity contribution in [1.82, 2.24) is 0 Å². The molecule has 0 atom stereocenters. The van der Waals surface area contributed by atoms with Gasteiger partial charge in [-0.2, -0.15) is 5.26 Å². The number of nitriles is 1. The molecule has 0 bridgehead atoms. The van der Waals surface area contributed by atoms with Crippen LogP contribution in [0.5, 0.6) is 0 Å². The molecule has 3 aromatic carbocycles. The molecule has 0 aliphatic heterocycles. The van der Waals surface area contributed by atoms with Crippen molar-refractivity contribution in [3.63, 3.8) is 0 Å². The highest BCUT2D eigenvalue weighted by Crippen LogP contribution is 2.24. The van der Waals surface area contributed by atoms with Crippen LogP contribution in [0.15, 0.2) is 83.8 Å². The van der Waals surface area contributed by atoms with Crippen LogP contribution < -0.4 is 9.62 Å². The van der Waals surface area contributed by atoms with Crippen LogP contribution in [0.2, 0.25) is 0 Å². The summed E-state index contributed by atoms with van der Waals surface area (Å²) in [5.41, 5.74) is 2.39. The second-order valence-corrected chi connectivity index (χ2v) is 8.38. The van der Waals surface area contributed by atoms with Crippen molar-refractivity contribution in [2.45, 2.75) is 18.2 Å². The average molecular weight is 420 g/mol. The monoisotopic (exact) mass is 419 g/mol. The Kier molecular flexibility index (Phi) is 6.50. The first-order valence-corrected chi connectivity index (χ1v) is 10.8. The molecule has 6 nitrogen and oxygen atoms in total. The molecular weight excluding hydrogens is 398 g/mol. The van der Waals surface area contributed by atoms with Gasteiger partial charge in [0.15, 0.2) is 0 Å². The van der Waals surface area contributed by atoms with Crippen molar-refractivity contribution in [2.75, 3.05) is 16.2 Å². The lowest BCUT2D eigenvalue weighted by atomic mass is 10.1. The number of hydrogen-bond donors (Lipinski definition) is 1. The van der Waals surface area contributed by atoms with Crippen LogP contribution in [-0.2, 0) is 16.4 Å². The zero-order valence-electron chi connectivity index (χ0n) is 16.4. The van der Waals surface area contributed by atoms with E-state index in [2.05, 4.69) is 11.4 Å². The van der Waals surface area contributed by atoms with E-state index in [1.165, 1.54) is 4.31 Å². The number of amides is 1. The third-order valence-corrected chi connectivity index (χ3v) is 6.45. The highest BCUT2D eigenvalue weighted by molar-refractivity contribution is 7.92. The molecule has 0 aliphatic carbocycles. The Morgan fingerprint density at radius 2 is 1.60 bits per heavy atom. The molecule has 1 amide bonds. The van der Waals surface area contributed by atoms with E-state index in [0.717, 1.165) is 5.56 Å². The molecule has 0 fully saturated rings. The van der Waals surface area contributed by atoms with E-state index in [1.54, 1.807) is 85.8 Å². The SMILES string of the molecule is CCN(c1ccc(C(=O)Nc2ccc(CC#N)cc2)cc1)S(=O)(=O)c1ccccc1. The van der Waals surface area contributed by atoms with Gasteiger partial charge in [-0.1, -0.05) is 30.3 Å². The molecular formula is C23H21N3O3S. The number of hydrogen-bond acceptors (Lipinski definition) is 4. The van der Waals surface area contributed by atoms with E-state index < -0.39 is 10.0 Å². The number of carbonyl (C=O) groups excluding carboxylic acids is 1.